The summed E-state index contributed by atoms with van der Waals surface area (Å²) in [5.41, 5.74) is 4.98. The van der Waals surface area contributed by atoms with Crippen LogP contribution in [-0.2, 0) is 4.79 Å². The monoisotopic (exact) mass is 255 g/mol. The maximum atomic E-state index is 12.4. The van der Waals surface area contributed by atoms with E-state index < -0.39 is 5.41 Å². The van der Waals surface area contributed by atoms with Gasteiger partial charge in [0.15, 0.2) is 5.84 Å². The molecule has 0 aliphatic heterocycles. The molecule has 18 heavy (non-hydrogen) atoms. The molecule has 0 bridgehead atoms. The number of oxime groups is 1. The highest BCUT2D eigenvalue weighted by molar-refractivity contribution is 6.06. The fourth-order valence-electron chi connectivity index (χ4n) is 2.37. The second kappa shape index (κ2) is 5.59. The van der Waals surface area contributed by atoms with Gasteiger partial charge in [-0.1, -0.05) is 45.2 Å². The fourth-order valence-corrected chi connectivity index (χ4v) is 2.37. The third-order valence-electron chi connectivity index (χ3n) is 3.52. The third-order valence-corrected chi connectivity index (χ3v) is 3.52. The van der Waals surface area contributed by atoms with E-state index in [0.717, 1.165) is 19.3 Å². The Labute approximate surface area is 109 Å². The molecule has 0 unspecified atom stereocenters. The molecule has 1 saturated carbocycles. The van der Waals surface area contributed by atoms with Crippen LogP contribution in [0.25, 0.3) is 0 Å². The molecule has 0 spiro atoms. The molecule has 0 aromatic carbocycles. The number of carbonyl (C=O) groups is 1. The smallest absolute Gasteiger partial charge is 0.233 e. The van der Waals surface area contributed by atoms with E-state index >= 15 is 0 Å². The van der Waals surface area contributed by atoms with Gasteiger partial charge in [0, 0.05) is 6.54 Å². The van der Waals surface area contributed by atoms with Gasteiger partial charge in [-0.25, -0.2) is 0 Å². The van der Waals surface area contributed by atoms with Crippen molar-refractivity contribution >= 4 is 11.7 Å². The predicted molar refractivity (Wildman–Crippen MR) is 71.4 cm³/mol. The second-order valence-corrected chi connectivity index (χ2v) is 6.37. The summed E-state index contributed by atoms with van der Waals surface area (Å²) in [5, 5.41) is 14.9. The zero-order chi connectivity index (χ0) is 13.8. The largest absolute Gasteiger partial charge is 0.409 e. The minimum Gasteiger partial charge on any atom is -0.409 e. The minimum absolute atomic E-state index is 0.0244. The molecule has 0 atom stereocenters. The number of carbonyl (C=O) groups excluding carboxylic acids is 1. The number of nitrogens with two attached hydrogens (primary N) is 1. The molecular weight excluding hydrogens is 230 g/mol. The van der Waals surface area contributed by atoms with Crippen LogP contribution in [0, 0.1) is 10.8 Å². The average Bonchev–Trinajstić information content (AvgIpc) is 2.34. The van der Waals surface area contributed by atoms with Crippen molar-refractivity contribution in [2.75, 3.05) is 6.54 Å². The summed E-state index contributed by atoms with van der Waals surface area (Å²) in [5.74, 6) is -0.0546. The molecule has 0 aromatic heterocycles. The van der Waals surface area contributed by atoms with Crippen LogP contribution in [0.2, 0.25) is 0 Å². The molecule has 0 radical (unpaired) electrons. The van der Waals surface area contributed by atoms with Crippen molar-refractivity contribution in [1.29, 1.82) is 0 Å². The molecule has 1 rings (SSSR count). The standard InChI is InChI=1S/C13H25N3O2/c1-12(2,3)9-15-11(17)13(10(14)16-18)7-5-4-6-8-13/h18H,4-9H2,1-3H3,(H2,14,16)(H,15,17). The van der Waals surface area contributed by atoms with Crippen molar-refractivity contribution in [3.8, 4) is 0 Å². The molecule has 1 fully saturated rings. The zero-order valence-corrected chi connectivity index (χ0v) is 11.6. The van der Waals surface area contributed by atoms with Crippen LogP contribution in [-0.4, -0.2) is 23.5 Å². The predicted octanol–water partition coefficient (Wildman–Crippen LogP) is 1.85. The van der Waals surface area contributed by atoms with Gasteiger partial charge >= 0.3 is 0 Å². The van der Waals surface area contributed by atoms with Gasteiger partial charge in [0.25, 0.3) is 0 Å². The molecule has 1 amide bonds. The number of amidine groups is 1. The van der Waals surface area contributed by atoms with Crippen LogP contribution in [0.3, 0.4) is 0 Å². The van der Waals surface area contributed by atoms with Gasteiger partial charge in [0.05, 0.1) is 0 Å². The Balaban J connectivity index is 2.80. The molecule has 5 nitrogen and oxygen atoms in total. The van der Waals surface area contributed by atoms with Gasteiger partial charge in [-0.05, 0) is 18.3 Å². The van der Waals surface area contributed by atoms with Gasteiger partial charge in [-0.2, -0.15) is 0 Å². The van der Waals surface area contributed by atoms with Crippen molar-refractivity contribution < 1.29 is 10.0 Å². The first-order chi connectivity index (χ1) is 8.32. The normalized spacial score (nSPS) is 20.5. The van der Waals surface area contributed by atoms with E-state index in [1.54, 1.807) is 0 Å². The molecule has 0 heterocycles. The first-order valence-corrected chi connectivity index (χ1v) is 6.58. The van der Waals surface area contributed by atoms with Crippen LogP contribution in [0.5, 0.6) is 0 Å². The highest BCUT2D eigenvalue weighted by Crippen LogP contribution is 2.37. The van der Waals surface area contributed by atoms with Gasteiger partial charge in [0.1, 0.15) is 5.41 Å². The van der Waals surface area contributed by atoms with E-state index in [2.05, 4.69) is 31.2 Å². The number of hydrogen-bond acceptors (Lipinski definition) is 3. The lowest BCUT2D eigenvalue weighted by atomic mass is 9.72. The van der Waals surface area contributed by atoms with E-state index in [9.17, 15) is 4.79 Å². The van der Waals surface area contributed by atoms with E-state index in [1.165, 1.54) is 0 Å². The Hall–Kier alpha value is -1.26. The Bertz CT molecular complexity index is 326. The Kier molecular flexibility index (Phi) is 4.59. The van der Waals surface area contributed by atoms with E-state index in [1.807, 2.05) is 0 Å². The van der Waals surface area contributed by atoms with Gasteiger partial charge in [-0.3, -0.25) is 4.79 Å². The highest BCUT2D eigenvalue weighted by Gasteiger charge is 2.43. The van der Waals surface area contributed by atoms with Crippen molar-refractivity contribution in [3.05, 3.63) is 0 Å². The highest BCUT2D eigenvalue weighted by atomic mass is 16.4. The van der Waals surface area contributed by atoms with Crippen LogP contribution < -0.4 is 11.1 Å². The lowest BCUT2D eigenvalue weighted by molar-refractivity contribution is -0.129. The van der Waals surface area contributed by atoms with Crippen molar-refractivity contribution in [2.45, 2.75) is 52.9 Å². The van der Waals surface area contributed by atoms with Crippen molar-refractivity contribution in [3.63, 3.8) is 0 Å². The van der Waals surface area contributed by atoms with E-state index in [4.69, 9.17) is 10.9 Å². The Morgan fingerprint density at radius 3 is 2.33 bits per heavy atom. The van der Waals surface area contributed by atoms with E-state index in [-0.39, 0.29) is 17.2 Å². The quantitative estimate of drug-likeness (QED) is 0.311. The summed E-state index contributed by atoms with van der Waals surface area (Å²) in [6.45, 7) is 6.77. The number of nitrogens with one attached hydrogen (secondary N) is 1. The molecule has 0 aromatic rings. The zero-order valence-electron chi connectivity index (χ0n) is 11.6. The van der Waals surface area contributed by atoms with Crippen LogP contribution in [0.4, 0.5) is 0 Å². The molecular formula is C13H25N3O2. The first kappa shape index (κ1) is 14.8. The summed E-state index contributed by atoms with van der Waals surface area (Å²) in [6.07, 6.45) is 4.32. The van der Waals surface area contributed by atoms with Gasteiger partial charge < -0.3 is 16.3 Å². The Morgan fingerprint density at radius 1 is 1.33 bits per heavy atom. The van der Waals surface area contributed by atoms with Crippen molar-refractivity contribution in [2.24, 2.45) is 21.7 Å². The molecule has 5 heteroatoms. The minimum atomic E-state index is -0.807. The second-order valence-electron chi connectivity index (χ2n) is 6.37. The van der Waals surface area contributed by atoms with Gasteiger partial charge in [0.2, 0.25) is 5.91 Å². The molecule has 104 valence electrons. The topological polar surface area (TPSA) is 87.7 Å². The van der Waals surface area contributed by atoms with Crippen molar-refractivity contribution in [1.82, 2.24) is 5.32 Å². The average molecular weight is 255 g/mol. The maximum absolute atomic E-state index is 12.4. The van der Waals surface area contributed by atoms with Gasteiger partial charge in [-0.15, -0.1) is 0 Å². The SMILES string of the molecule is CC(C)(C)CNC(=O)C1(C(N)=NO)CCCCC1. The lowest BCUT2D eigenvalue weighted by Crippen LogP contribution is -2.52. The summed E-state index contributed by atoms with van der Waals surface area (Å²) in [7, 11) is 0. The summed E-state index contributed by atoms with van der Waals surface area (Å²) < 4.78 is 0. The molecule has 4 N–H and O–H groups in total. The van der Waals surface area contributed by atoms with Crippen LogP contribution >= 0.6 is 0 Å². The van der Waals surface area contributed by atoms with Crippen LogP contribution in [0.1, 0.15) is 52.9 Å². The summed E-state index contributed by atoms with van der Waals surface area (Å²) >= 11 is 0. The molecule has 1 aliphatic carbocycles. The van der Waals surface area contributed by atoms with E-state index in [0.29, 0.717) is 19.4 Å². The number of rotatable bonds is 3. The fraction of sp³-hybridized carbons (Fsp3) is 0.846. The van der Waals surface area contributed by atoms with Crippen LogP contribution in [0.15, 0.2) is 5.16 Å². The third kappa shape index (κ3) is 3.37. The summed E-state index contributed by atoms with van der Waals surface area (Å²) in [6, 6.07) is 0. The maximum Gasteiger partial charge on any atom is 0.233 e. The number of nitrogens with zero attached hydrogens (tertiary/aromatic N) is 1. The first-order valence-electron chi connectivity index (χ1n) is 6.58. The molecule has 0 saturated heterocycles. The lowest BCUT2D eigenvalue weighted by Gasteiger charge is -2.35. The summed E-state index contributed by atoms with van der Waals surface area (Å²) in [4.78, 5) is 12.4. The number of amides is 1. The Morgan fingerprint density at radius 2 is 1.89 bits per heavy atom. The number of hydrogen-bond donors (Lipinski definition) is 3. The molecule has 1 aliphatic rings.